The van der Waals surface area contributed by atoms with Gasteiger partial charge in [0.25, 0.3) is 0 Å². The van der Waals surface area contributed by atoms with Crippen molar-refractivity contribution in [2.75, 3.05) is 0 Å². The average molecular weight is 377 g/mol. The number of hydrogen-bond acceptors (Lipinski definition) is 3. The molecular weight excluding hydrogens is 350 g/mol. The van der Waals surface area contributed by atoms with Gasteiger partial charge in [0.15, 0.2) is 5.82 Å². The van der Waals surface area contributed by atoms with Crippen molar-refractivity contribution in [1.82, 2.24) is 14.8 Å². The minimum Gasteiger partial charge on any atom is -0.478 e. The Balaban J connectivity index is 1.77. The molecule has 0 aliphatic carbocycles. The first kappa shape index (κ1) is 19.8. The molecule has 0 unspecified atom stereocenters. The van der Waals surface area contributed by atoms with E-state index in [0.717, 1.165) is 54.1 Å². The second-order valence-corrected chi connectivity index (χ2v) is 6.94. The molecule has 0 amide bonds. The van der Waals surface area contributed by atoms with Crippen molar-refractivity contribution >= 4 is 5.97 Å². The van der Waals surface area contributed by atoms with Crippen molar-refractivity contribution in [3.05, 3.63) is 71.3 Å². The van der Waals surface area contributed by atoms with Crippen molar-refractivity contribution in [3.63, 3.8) is 0 Å². The largest absolute Gasteiger partial charge is 0.478 e. The summed E-state index contributed by atoms with van der Waals surface area (Å²) in [4.78, 5) is 16.2. The summed E-state index contributed by atoms with van der Waals surface area (Å²) in [6, 6.07) is 15.1. The van der Waals surface area contributed by atoms with Crippen molar-refractivity contribution in [2.45, 2.75) is 52.5 Å². The van der Waals surface area contributed by atoms with Gasteiger partial charge in [0.05, 0.1) is 5.56 Å². The fourth-order valence-electron chi connectivity index (χ4n) is 3.36. The maximum absolute atomic E-state index is 11.5. The Hall–Kier alpha value is -2.95. The summed E-state index contributed by atoms with van der Waals surface area (Å²) < 4.78 is 1.98. The van der Waals surface area contributed by atoms with Crippen LogP contribution in [0.5, 0.6) is 0 Å². The molecule has 0 atom stereocenters. The summed E-state index contributed by atoms with van der Waals surface area (Å²) in [5.41, 5.74) is 3.09. The van der Waals surface area contributed by atoms with Crippen LogP contribution in [0.15, 0.2) is 48.5 Å². The zero-order valence-corrected chi connectivity index (χ0v) is 16.6. The number of rotatable bonds is 9. The molecule has 0 spiro atoms. The van der Waals surface area contributed by atoms with Gasteiger partial charge in [-0.2, -0.15) is 5.10 Å². The molecule has 3 rings (SSSR count). The van der Waals surface area contributed by atoms with Crippen molar-refractivity contribution in [1.29, 1.82) is 0 Å². The molecular formula is C23H27N3O2. The first-order valence-corrected chi connectivity index (χ1v) is 9.96. The van der Waals surface area contributed by atoms with Gasteiger partial charge in [-0.3, -0.25) is 0 Å². The first-order valence-electron chi connectivity index (χ1n) is 9.96. The Labute approximate surface area is 166 Å². The molecule has 0 bridgehead atoms. The van der Waals surface area contributed by atoms with Crippen molar-refractivity contribution in [2.24, 2.45) is 0 Å². The molecule has 1 aromatic heterocycles. The minimum absolute atomic E-state index is 0.317. The van der Waals surface area contributed by atoms with Gasteiger partial charge in [-0.15, -0.1) is 0 Å². The van der Waals surface area contributed by atoms with Crippen LogP contribution < -0.4 is 0 Å². The van der Waals surface area contributed by atoms with E-state index in [9.17, 15) is 9.90 Å². The second-order valence-electron chi connectivity index (χ2n) is 6.94. The van der Waals surface area contributed by atoms with Gasteiger partial charge in [-0.25, -0.2) is 14.5 Å². The van der Waals surface area contributed by atoms with Crippen LogP contribution in [-0.4, -0.2) is 25.8 Å². The highest BCUT2D eigenvalue weighted by Crippen LogP contribution is 2.24. The van der Waals surface area contributed by atoms with E-state index in [-0.39, 0.29) is 0 Å². The molecule has 1 heterocycles. The van der Waals surface area contributed by atoms with Gasteiger partial charge in [-0.1, -0.05) is 62.2 Å². The number of carboxylic acids is 1. The molecule has 5 nitrogen and oxygen atoms in total. The maximum atomic E-state index is 11.5. The van der Waals surface area contributed by atoms with Crippen LogP contribution in [0.25, 0.3) is 11.1 Å². The highest BCUT2D eigenvalue weighted by Gasteiger charge is 2.12. The van der Waals surface area contributed by atoms with E-state index in [4.69, 9.17) is 4.98 Å². The summed E-state index contributed by atoms with van der Waals surface area (Å²) in [7, 11) is 0. The van der Waals surface area contributed by atoms with Crippen LogP contribution in [0.4, 0.5) is 0 Å². The number of benzene rings is 2. The molecule has 0 radical (unpaired) electrons. The lowest BCUT2D eigenvalue weighted by Gasteiger charge is -2.08. The van der Waals surface area contributed by atoms with Crippen LogP contribution >= 0.6 is 0 Å². The Morgan fingerprint density at radius 3 is 2.46 bits per heavy atom. The molecule has 5 heteroatoms. The molecule has 28 heavy (non-hydrogen) atoms. The third-order valence-corrected chi connectivity index (χ3v) is 4.88. The molecule has 0 saturated heterocycles. The molecule has 146 valence electrons. The molecule has 3 aromatic rings. The van der Waals surface area contributed by atoms with Crippen LogP contribution in [0, 0.1) is 0 Å². The van der Waals surface area contributed by atoms with E-state index in [1.165, 1.54) is 12.8 Å². The number of carboxylic acid groups (broad SMARTS) is 1. The van der Waals surface area contributed by atoms with Gasteiger partial charge >= 0.3 is 5.97 Å². The van der Waals surface area contributed by atoms with Gasteiger partial charge in [-0.05, 0) is 36.1 Å². The molecule has 2 aromatic carbocycles. The summed E-state index contributed by atoms with van der Waals surface area (Å²) in [5, 5.41) is 14.0. The van der Waals surface area contributed by atoms with Gasteiger partial charge < -0.3 is 5.11 Å². The molecule has 0 saturated carbocycles. The van der Waals surface area contributed by atoms with E-state index in [1.54, 1.807) is 12.1 Å². The topological polar surface area (TPSA) is 68.0 Å². The summed E-state index contributed by atoms with van der Waals surface area (Å²) >= 11 is 0. The first-order chi connectivity index (χ1) is 13.6. The van der Waals surface area contributed by atoms with Crippen LogP contribution in [0.3, 0.4) is 0 Å². The standard InChI is InChI=1S/C23H27N3O2/c1-3-5-6-11-21-24-22(26(4-2)25-21)16-17-12-14-18(15-13-17)19-9-7-8-10-20(19)23(27)28/h7-10,12-15H,3-6,11,16H2,1-2H3,(H,27,28). The number of hydrogen-bond donors (Lipinski definition) is 1. The molecule has 0 fully saturated rings. The lowest BCUT2D eigenvalue weighted by Crippen LogP contribution is -2.04. The number of aromatic nitrogens is 3. The number of aryl methyl sites for hydroxylation is 2. The van der Waals surface area contributed by atoms with Crippen LogP contribution in [0.1, 0.15) is 60.7 Å². The fraction of sp³-hybridized carbons (Fsp3) is 0.348. The van der Waals surface area contributed by atoms with Gasteiger partial charge in [0, 0.05) is 19.4 Å². The predicted octanol–water partition coefficient (Wildman–Crippen LogP) is 4.99. The third-order valence-electron chi connectivity index (χ3n) is 4.88. The average Bonchev–Trinajstić information content (AvgIpc) is 3.10. The molecule has 0 aliphatic heterocycles. The Kier molecular flexibility index (Phi) is 6.58. The Morgan fingerprint density at radius 2 is 1.79 bits per heavy atom. The zero-order valence-electron chi connectivity index (χ0n) is 16.6. The highest BCUT2D eigenvalue weighted by molar-refractivity contribution is 5.95. The summed E-state index contributed by atoms with van der Waals surface area (Å²) in [5.74, 6) is 0.997. The Morgan fingerprint density at radius 1 is 1.04 bits per heavy atom. The number of carbonyl (C=O) groups is 1. The zero-order chi connectivity index (χ0) is 19.9. The normalized spacial score (nSPS) is 10.9. The van der Waals surface area contributed by atoms with E-state index in [1.807, 2.05) is 41.1 Å². The smallest absolute Gasteiger partial charge is 0.336 e. The maximum Gasteiger partial charge on any atom is 0.336 e. The van der Waals surface area contributed by atoms with E-state index in [2.05, 4.69) is 18.9 Å². The SMILES string of the molecule is CCCCCc1nc(Cc2ccc(-c3ccccc3C(=O)O)cc2)n(CC)n1. The molecule has 0 aliphatic rings. The van der Waals surface area contributed by atoms with Crippen molar-refractivity contribution < 1.29 is 9.90 Å². The summed E-state index contributed by atoms with van der Waals surface area (Å²) in [6.07, 6.45) is 5.17. The van der Waals surface area contributed by atoms with E-state index < -0.39 is 5.97 Å². The van der Waals surface area contributed by atoms with Crippen LogP contribution in [-0.2, 0) is 19.4 Å². The second kappa shape index (κ2) is 9.31. The number of unbranched alkanes of at least 4 members (excludes halogenated alkanes) is 2. The monoisotopic (exact) mass is 377 g/mol. The minimum atomic E-state index is -0.911. The van der Waals surface area contributed by atoms with Gasteiger partial charge in [0.1, 0.15) is 5.82 Å². The summed E-state index contributed by atoms with van der Waals surface area (Å²) in [6.45, 7) is 5.09. The predicted molar refractivity (Wildman–Crippen MR) is 111 cm³/mol. The Bertz CT molecular complexity index is 929. The number of nitrogens with zero attached hydrogens (tertiary/aromatic N) is 3. The third kappa shape index (κ3) is 4.66. The lowest BCUT2D eigenvalue weighted by molar-refractivity contribution is 0.0697. The van der Waals surface area contributed by atoms with E-state index in [0.29, 0.717) is 5.56 Å². The quantitative estimate of drug-likeness (QED) is 0.534. The fourth-order valence-corrected chi connectivity index (χ4v) is 3.36. The molecule has 1 N–H and O–H groups in total. The lowest BCUT2D eigenvalue weighted by atomic mass is 9.98. The van der Waals surface area contributed by atoms with Crippen LogP contribution in [0.2, 0.25) is 0 Å². The number of aromatic carboxylic acids is 1. The van der Waals surface area contributed by atoms with E-state index >= 15 is 0 Å². The highest BCUT2D eigenvalue weighted by atomic mass is 16.4. The van der Waals surface area contributed by atoms with Gasteiger partial charge in [0.2, 0.25) is 0 Å². The van der Waals surface area contributed by atoms with Crippen molar-refractivity contribution in [3.8, 4) is 11.1 Å².